The second-order valence-corrected chi connectivity index (χ2v) is 6.99. The lowest BCUT2D eigenvalue weighted by Crippen LogP contribution is -2.46. The van der Waals surface area contributed by atoms with Crippen LogP contribution in [0.3, 0.4) is 0 Å². The van der Waals surface area contributed by atoms with Crippen molar-refractivity contribution < 1.29 is 4.79 Å². The summed E-state index contributed by atoms with van der Waals surface area (Å²) in [6.45, 7) is 0. The van der Waals surface area contributed by atoms with Crippen molar-refractivity contribution in [3.8, 4) is 11.1 Å². The first-order valence-corrected chi connectivity index (χ1v) is 9.29. The highest BCUT2D eigenvalue weighted by molar-refractivity contribution is 7.80. The Balaban J connectivity index is 1.62. The van der Waals surface area contributed by atoms with Crippen molar-refractivity contribution in [3.05, 3.63) is 60.2 Å². The smallest absolute Gasteiger partial charge is 0.257 e. The Hall–Kier alpha value is -2.20. The van der Waals surface area contributed by atoms with E-state index >= 15 is 0 Å². The number of carbonyl (C=O) groups excluding carboxylic acids is 1. The average Bonchev–Trinajstić information content (AvgIpc) is 2.68. The van der Waals surface area contributed by atoms with Gasteiger partial charge in [-0.25, -0.2) is 0 Å². The van der Waals surface area contributed by atoms with E-state index in [1.165, 1.54) is 19.3 Å². The lowest BCUT2D eigenvalue weighted by Gasteiger charge is -2.32. The molecule has 1 N–H and O–H groups in total. The Kier molecular flexibility index (Phi) is 5.82. The maximum Gasteiger partial charge on any atom is 0.257 e. The van der Waals surface area contributed by atoms with Crippen LogP contribution >= 0.6 is 12.2 Å². The summed E-state index contributed by atoms with van der Waals surface area (Å²) in [5.41, 5.74) is 2.86. The largest absolute Gasteiger partial charge is 0.349 e. The molecule has 0 heterocycles. The molecule has 4 heteroatoms. The Labute approximate surface area is 155 Å². The Morgan fingerprint density at radius 1 is 0.960 bits per heavy atom. The topological polar surface area (TPSA) is 32.3 Å². The molecule has 0 radical (unpaired) electrons. The first-order valence-electron chi connectivity index (χ1n) is 8.89. The second-order valence-electron chi connectivity index (χ2n) is 6.61. The zero-order chi connectivity index (χ0) is 17.6. The molecule has 2 aromatic carbocycles. The molecule has 3 rings (SSSR count). The first-order chi connectivity index (χ1) is 12.1. The number of thiocarbonyl (C=S) groups is 1. The molecule has 1 amide bonds. The zero-order valence-corrected chi connectivity index (χ0v) is 15.4. The number of amides is 1. The maximum atomic E-state index is 12.5. The quantitative estimate of drug-likeness (QED) is 0.817. The molecule has 3 nitrogen and oxygen atoms in total. The van der Waals surface area contributed by atoms with Crippen LogP contribution in [0.1, 0.15) is 42.5 Å². The molecule has 0 aromatic heterocycles. The van der Waals surface area contributed by atoms with Crippen molar-refractivity contribution in [1.29, 1.82) is 0 Å². The van der Waals surface area contributed by atoms with E-state index in [9.17, 15) is 4.79 Å². The molecule has 0 aliphatic heterocycles. The van der Waals surface area contributed by atoms with Crippen LogP contribution in [0, 0.1) is 0 Å². The Morgan fingerprint density at radius 2 is 1.56 bits per heavy atom. The summed E-state index contributed by atoms with van der Waals surface area (Å²) in [4.78, 5) is 14.5. The summed E-state index contributed by atoms with van der Waals surface area (Å²) in [6.07, 6.45) is 6.09. The standard InChI is InChI=1S/C21H24N2OS/c1-23(19-10-6-3-7-11-19)21(25)22-20(24)18-14-12-17(13-15-18)16-8-4-2-5-9-16/h2,4-5,8-9,12-15,19H,3,6-7,10-11H2,1H3,(H,22,24,25). The number of hydrogen-bond acceptors (Lipinski definition) is 2. The van der Waals surface area contributed by atoms with Crippen molar-refractivity contribution in [2.24, 2.45) is 0 Å². The van der Waals surface area contributed by atoms with Crippen LogP contribution in [0.2, 0.25) is 0 Å². The molecule has 0 unspecified atom stereocenters. The normalized spacial score (nSPS) is 14.8. The van der Waals surface area contributed by atoms with E-state index in [0.29, 0.717) is 16.7 Å². The molecule has 0 saturated heterocycles. The monoisotopic (exact) mass is 352 g/mol. The van der Waals surface area contributed by atoms with Gasteiger partial charge in [0, 0.05) is 18.7 Å². The summed E-state index contributed by atoms with van der Waals surface area (Å²) in [7, 11) is 1.98. The van der Waals surface area contributed by atoms with Gasteiger partial charge in [-0.05, 0) is 48.3 Å². The van der Waals surface area contributed by atoms with E-state index < -0.39 is 0 Å². The number of hydrogen-bond donors (Lipinski definition) is 1. The third kappa shape index (κ3) is 4.45. The van der Waals surface area contributed by atoms with E-state index in [0.717, 1.165) is 24.0 Å². The van der Waals surface area contributed by atoms with Crippen LogP contribution in [-0.4, -0.2) is 29.0 Å². The minimum Gasteiger partial charge on any atom is -0.349 e. The summed E-state index contributed by atoms with van der Waals surface area (Å²) in [5, 5.41) is 3.39. The van der Waals surface area contributed by atoms with Crippen LogP contribution in [0.25, 0.3) is 11.1 Å². The van der Waals surface area contributed by atoms with Gasteiger partial charge in [-0.1, -0.05) is 61.7 Å². The SMILES string of the molecule is CN(C(=S)NC(=O)c1ccc(-c2ccccc2)cc1)C1CCCCC1. The molecule has 130 valence electrons. The fraction of sp³-hybridized carbons (Fsp3) is 0.333. The maximum absolute atomic E-state index is 12.5. The van der Waals surface area contributed by atoms with E-state index in [1.54, 1.807) is 0 Å². The fourth-order valence-electron chi connectivity index (χ4n) is 3.34. The van der Waals surface area contributed by atoms with E-state index in [4.69, 9.17) is 12.2 Å². The van der Waals surface area contributed by atoms with Gasteiger partial charge in [0.2, 0.25) is 0 Å². The average molecular weight is 353 g/mol. The highest BCUT2D eigenvalue weighted by Crippen LogP contribution is 2.22. The Morgan fingerprint density at radius 3 is 2.20 bits per heavy atom. The molecule has 1 saturated carbocycles. The van der Waals surface area contributed by atoms with Crippen molar-refractivity contribution in [2.45, 2.75) is 38.1 Å². The lowest BCUT2D eigenvalue weighted by atomic mass is 9.95. The van der Waals surface area contributed by atoms with E-state index in [2.05, 4.69) is 17.4 Å². The predicted molar refractivity (Wildman–Crippen MR) is 107 cm³/mol. The summed E-state index contributed by atoms with van der Waals surface area (Å²) < 4.78 is 0. The van der Waals surface area contributed by atoms with Gasteiger partial charge in [0.05, 0.1) is 0 Å². The van der Waals surface area contributed by atoms with Gasteiger partial charge in [0.1, 0.15) is 0 Å². The van der Waals surface area contributed by atoms with Crippen LogP contribution in [-0.2, 0) is 0 Å². The summed E-state index contributed by atoms with van der Waals surface area (Å²) in [6, 6.07) is 18.2. The van der Waals surface area contributed by atoms with Crippen molar-refractivity contribution >= 4 is 23.2 Å². The van der Waals surface area contributed by atoms with Crippen LogP contribution in [0.15, 0.2) is 54.6 Å². The molecule has 0 atom stereocenters. The van der Waals surface area contributed by atoms with Gasteiger partial charge in [-0.15, -0.1) is 0 Å². The predicted octanol–water partition coefficient (Wildman–Crippen LogP) is 4.63. The molecular weight excluding hydrogens is 328 g/mol. The van der Waals surface area contributed by atoms with Gasteiger partial charge in [-0.3, -0.25) is 10.1 Å². The third-order valence-corrected chi connectivity index (χ3v) is 5.31. The van der Waals surface area contributed by atoms with Crippen molar-refractivity contribution in [3.63, 3.8) is 0 Å². The highest BCUT2D eigenvalue weighted by atomic mass is 32.1. The molecule has 0 bridgehead atoms. The number of rotatable bonds is 3. The number of carbonyl (C=O) groups is 1. The number of benzene rings is 2. The number of nitrogens with one attached hydrogen (secondary N) is 1. The summed E-state index contributed by atoms with van der Waals surface area (Å²) in [5.74, 6) is -0.146. The lowest BCUT2D eigenvalue weighted by molar-refractivity contribution is 0.0972. The van der Waals surface area contributed by atoms with Crippen LogP contribution in [0.5, 0.6) is 0 Å². The molecule has 0 spiro atoms. The molecule has 1 aliphatic carbocycles. The fourth-order valence-corrected chi connectivity index (χ4v) is 3.58. The van der Waals surface area contributed by atoms with Gasteiger partial charge < -0.3 is 4.90 Å². The molecular formula is C21H24N2OS. The minimum absolute atomic E-state index is 0.146. The van der Waals surface area contributed by atoms with E-state index in [-0.39, 0.29) is 5.91 Å². The third-order valence-electron chi connectivity index (χ3n) is 4.92. The molecule has 25 heavy (non-hydrogen) atoms. The van der Waals surface area contributed by atoms with Crippen molar-refractivity contribution in [1.82, 2.24) is 10.2 Å². The zero-order valence-electron chi connectivity index (χ0n) is 14.6. The van der Waals surface area contributed by atoms with E-state index in [1.807, 2.05) is 54.4 Å². The second kappa shape index (κ2) is 8.26. The summed E-state index contributed by atoms with van der Waals surface area (Å²) >= 11 is 5.43. The molecule has 2 aromatic rings. The first kappa shape index (κ1) is 17.6. The van der Waals surface area contributed by atoms with Gasteiger partial charge in [-0.2, -0.15) is 0 Å². The van der Waals surface area contributed by atoms with Crippen LogP contribution in [0.4, 0.5) is 0 Å². The van der Waals surface area contributed by atoms with Gasteiger partial charge >= 0.3 is 0 Å². The number of nitrogens with zero attached hydrogens (tertiary/aromatic N) is 1. The van der Waals surface area contributed by atoms with Crippen LogP contribution < -0.4 is 5.32 Å². The van der Waals surface area contributed by atoms with Gasteiger partial charge in [0.25, 0.3) is 5.91 Å². The minimum atomic E-state index is -0.146. The molecule has 1 fully saturated rings. The molecule has 1 aliphatic rings. The van der Waals surface area contributed by atoms with Gasteiger partial charge in [0.15, 0.2) is 5.11 Å². The Bertz CT molecular complexity index is 721. The highest BCUT2D eigenvalue weighted by Gasteiger charge is 2.21. The van der Waals surface area contributed by atoms with Crippen molar-refractivity contribution in [2.75, 3.05) is 7.05 Å².